The first-order valence-electron chi connectivity index (χ1n) is 7.73. The molecular formula is C18H19N3O3. The van der Waals surface area contributed by atoms with Crippen molar-refractivity contribution in [3.05, 3.63) is 54.4 Å². The SMILES string of the molecule is CCOc1ccccc1NCc1nc(-c2ccccc2OC)no1. The van der Waals surface area contributed by atoms with Crippen LogP contribution in [-0.4, -0.2) is 23.9 Å². The van der Waals surface area contributed by atoms with E-state index in [2.05, 4.69) is 15.5 Å². The molecule has 0 aliphatic rings. The van der Waals surface area contributed by atoms with E-state index in [0.29, 0.717) is 30.6 Å². The smallest absolute Gasteiger partial charge is 0.246 e. The van der Waals surface area contributed by atoms with Gasteiger partial charge in [0.2, 0.25) is 11.7 Å². The Balaban J connectivity index is 1.73. The molecule has 0 aliphatic heterocycles. The summed E-state index contributed by atoms with van der Waals surface area (Å²) in [6, 6.07) is 15.3. The molecule has 0 atom stereocenters. The Kier molecular flexibility index (Phi) is 4.96. The molecule has 0 amide bonds. The molecule has 3 aromatic rings. The topological polar surface area (TPSA) is 69.4 Å². The minimum absolute atomic E-state index is 0.409. The number of rotatable bonds is 7. The van der Waals surface area contributed by atoms with E-state index in [-0.39, 0.29) is 0 Å². The number of anilines is 1. The normalized spacial score (nSPS) is 10.4. The predicted molar refractivity (Wildman–Crippen MR) is 91.2 cm³/mol. The first-order chi connectivity index (χ1) is 11.8. The van der Waals surface area contributed by atoms with Crippen LogP contribution in [0, 0.1) is 0 Å². The molecule has 124 valence electrons. The van der Waals surface area contributed by atoms with E-state index < -0.39 is 0 Å². The van der Waals surface area contributed by atoms with Crippen LogP contribution in [0.5, 0.6) is 11.5 Å². The van der Waals surface area contributed by atoms with Gasteiger partial charge in [-0.05, 0) is 31.2 Å². The second kappa shape index (κ2) is 7.50. The molecule has 6 nitrogen and oxygen atoms in total. The van der Waals surface area contributed by atoms with E-state index in [1.54, 1.807) is 7.11 Å². The Hall–Kier alpha value is -3.02. The zero-order valence-corrected chi connectivity index (χ0v) is 13.7. The summed E-state index contributed by atoms with van der Waals surface area (Å²) in [7, 11) is 1.62. The van der Waals surface area contributed by atoms with Gasteiger partial charge in [0, 0.05) is 0 Å². The number of para-hydroxylation sites is 3. The molecule has 3 rings (SSSR count). The molecule has 1 heterocycles. The third-order valence-electron chi connectivity index (χ3n) is 3.43. The number of ether oxygens (including phenoxy) is 2. The molecule has 6 heteroatoms. The van der Waals surface area contributed by atoms with Gasteiger partial charge in [0.05, 0.1) is 31.5 Å². The number of methoxy groups -OCH3 is 1. The van der Waals surface area contributed by atoms with Crippen molar-refractivity contribution in [1.82, 2.24) is 10.1 Å². The van der Waals surface area contributed by atoms with Crippen molar-refractivity contribution in [1.29, 1.82) is 0 Å². The Morgan fingerprint density at radius 1 is 1.04 bits per heavy atom. The van der Waals surface area contributed by atoms with Crippen LogP contribution in [0.15, 0.2) is 53.1 Å². The van der Waals surface area contributed by atoms with Crippen LogP contribution in [0.3, 0.4) is 0 Å². The van der Waals surface area contributed by atoms with Gasteiger partial charge >= 0.3 is 0 Å². The maximum absolute atomic E-state index is 5.58. The van der Waals surface area contributed by atoms with Crippen LogP contribution in [0.25, 0.3) is 11.4 Å². The summed E-state index contributed by atoms with van der Waals surface area (Å²) in [6.45, 7) is 2.97. The fourth-order valence-corrected chi connectivity index (χ4v) is 2.33. The van der Waals surface area contributed by atoms with Gasteiger partial charge in [-0.15, -0.1) is 0 Å². The van der Waals surface area contributed by atoms with Crippen LogP contribution >= 0.6 is 0 Å². The summed E-state index contributed by atoms with van der Waals surface area (Å²) in [6.07, 6.45) is 0. The highest BCUT2D eigenvalue weighted by atomic mass is 16.5. The summed E-state index contributed by atoms with van der Waals surface area (Å²) < 4.78 is 16.2. The molecule has 0 saturated carbocycles. The molecule has 2 aromatic carbocycles. The summed E-state index contributed by atoms with van der Waals surface area (Å²) in [4.78, 5) is 4.42. The fraction of sp³-hybridized carbons (Fsp3) is 0.222. The van der Waals surface area contributed by atoms with E-state index in [4.69, 9.17) is 14.0 Å². The summed E-state index contributed by atoms with van der Waals surface area (Å²) >= 11 is 0. The van der Waals surface area contributed by atoms with Crippen LogP contribution in [0.2, 0.25) is 0 Å². The molecule has 0 saturated heterocycles. The van der Waals surface area contributed by atoms with E-state index in [9.17, 15) is 0 Å². The van der Waals surface area contributed by atoms with E-state index in [0.717, 1.165) is 17.0 Å². The van der Waals surface area contributed by atoms with Crippen molar-refractivity contribution in [2.75, 3.05) is 19.0 Å². The molecule has 0 bridgehead atoms. The number of nitrogens with one attached hydrogen (secondary N) is 1. The van der Waals surface area contributed by atoms with E-state index >= 15 is 0 Å². The van der Waals surface area contributed by atoms with Gasteiger partial charge in [-0.2, -0.15) is 4.98 Å². The van der Waals surface area contributed by atoms with E-state index in [1.807, 2.05) is 55.5 Å². The third-order valence-corrected chi connectivity index (χ3v) is 3.43. The zero-order chi connectivity index (χ0) is 16.8. The minimum Gasteiger partial charge on any atom is -0.496 e. The standard InChI is InChI=1S/C18H19N3O3/c1-3-23-16-11-7-5-9-14(16)19-12-17-20-18(21-24-17)13-8-4-6-10-15(13)22-2/h4-11,19H,3,12H2,1-2H3. The third kappa shape index (κ3) is 3.48. The number of hydrogen-bond donors (Lipinski definition) is 1. The molecule has 0 spiro atoms. The van der Waals surface area contributed by atoms with Gasteiger partial charge in [-0.1, -0.05) is 29.4 Å². The first kappa shape index (κ1) is 15.9. The molecule has 24 heavy (non-hydrogen) atoms. The summed E-state index contributed by atoms with van der Waals surface area (Å²) in [5.74, 6) is 2.49. The van der Waals surface area contributed by atoms with Crippen LogP contribution in [0.1, 0.15) is 12.8 Å². The van der Waals surface area contributed by atoms with Crippen molar-refractivity contribution < 1.29 is 14.0 Å². The Morgan fingerprint density at radius 2 is 1.79 bits per heavy atom. The number of nitrogens with zero attached hydrogens (tertiary/aromatic N) is 2. The van der Waals surface area contributed by atoms with Gasteiger partial charge < -0.3 is 19.3 Å². The highest BCUT2D eigenvalue weighted by Gasteiger charge is 2.13. The van der Waals surface area contributed by atoms with Crippen LogP contribution in [0.4, 0.5) is 5.69 Å². The minimum atomic E-state index is 0.409. The van der Waals surface area contributed by atoms with Crippen molar-refractivity contribution >= 4 is 5.69 Å². The Morgan fingerprint density at radius 3 is 2.58 bits per heavy atom. The molecule has 0 unspecified atom stereocenters. The largest absolute Gasteiger partial charge is 0.496 e. The highest BCUT2D eigenvalue weighted by molar-refractivity contribution is 5.63. The Bertz CT molecular complexity index is 801. The van der Waals surface area contributed by atoms with Crippen molar-refractivity contribution in [3.63, 3.8) is 0 Å². The summed E-state index contributed by atoms with van der Waals surface area (Å²) in [5.41, 5.74) is 1.68. The van der Waals surface area contributed by atoms with Crippen molar-refractivity contribution in [3.8, 4) is 22.9 Å². The molecular weight excluding hydrogens is 306 g/mol. The molecule has 0 fully saturated rings. The fourth-order valence-electron chi connectivity index (χ4n) is 2.33. The van der Waals surface area contributed by atoms with Crippen LogP contribution < -0.4 is 14.8 Å². The van der Waals surface area contributed by atoms with E-state index in [1.165, 1.54) is 0 Å². The van der Waals surface area contributed by atoms with Gasteiger partial charge in [0.25, 0.3) is 0 Å². The number of benzene rings is 2. The molecule has 1 aromatic heterocycles. The predicted octanol–water partition coefficient (Wildman–Crippen LogP) is 3.76. The lowest BCUT2D eigenvalue weighted by Gasteiger charge is -2.10. The quantitative estimate of drug-likeness (QED) is 0.713. The van der Waals surface area contributed by atoms with Crippen molar-refractivity contribution in [2.45, 2.75) is 13.5 Å². The maximum atomic E-state index is 5.58. The van der Waals surface area contributed by atoms with Gasteiger partial charge in [0.15, 0.2) is 0 Å². The molecule has 0 radical (unpaired) electrons. The van der Waals surface area contributed by atoms with Gasteiger partial charge in [0.1, 0.15) is 11.5 Å². The number of aromatic nitrogens is 2. The lowest BCUT2D eigenvalue weighted by atomic mass is 10.2. The zero-order valence-electron chi connectivity index (χ0n) is 13.7. The van der Waals surface area contributed by atoms with Crippen LogP contribution in [-0.2, 0) is 6.54 Å². The van der Waals surface area contributed by atoms with Gasteiger partial charge in [-0.25, -0.2) is 0 Å². The second-order valence-electron chi connectivity index (χ2n) is 4.99. The average molecular weight is 325 g/mol. The van der Waals surface area contributed by atoms with Crippen molar-refractivity contribution in [2.24, 2.45) is 0 Å². The highest BCUT2D eigenvalue weighted by Crippen LogP contribution is 2.28. The second-order valence-corrected chi connectivity index (χ2v) is 4.99. The molecule has 1 N–H and O–H groups in total. The lowest BCUT2D eigenvalue weighted by molar-refractivity contribution is 0.341. The monoisotopic (exact) mass is 325 g/mol. The Labute approximate surface area is 140 Å². The lowest BCUT2D eigenvalue weighted by Crippen LogP contribution is -2.02. The maximum Gasteiger partial charge on any atom is 0.246 e. The first-order valence-corrected chi connectivity index (χ1v) is 7.73. The van der Waals surface area contributed by atoms with Gasteiger partial charge in [-0.3, -0.25) is 0 Å². The number of hydrogen-bond acceptors (Lipinski definition) is 6. The summed E-state index contributed by atoms with van der Waals surface area (Å²) in [5, 5.41) is 7.28. The average Bonchev–Trinajstić information content (AvgIpc) is 3.10. The molecule has 0 aliphatic carbocycles.